The highest BCUT2D eigenvalue weighted by molar-refractivity contribution is 6.36. The standard InChI is InChI=1S/C16H18ClNO/c1-2-9-19-11-7-8-15-13(10-11)16(17)12-5-3-4-6-14(12)18-15/h7-8,10H,2-6,9H2,1H3. The van der Waals surface area contributed by atoms with Crippen LogP contribution in [0.5, 0.6) is 5.75 Å². The van der Waals surface area contributed by atoms with Crippen LogP contribution in [0.25, 0.3) is 10.9 Å². The normalized spacial score (nSPS) is 14.4. The second-order valence-corrected chi connectivity index (χ2v) is 5.46. The fourth-order valence-electron chi connectivity index (χ4n) is 2.66. The molecule has 0 aliphatic heterocycles. The van der Waals surface area contributed by atoms with Crippen LogP contribution in [0.15, 0.2) is 18.2 Å². The van der Waals surface area contributed by atoms with Crippen molar-refractivity contribution in [1.82, 2.24) is 4.98 Å². The van der Waals surface area contributed by atoms with E-state index in [1.165, 1.54) is 24.1 Å². The third-order valence-corrected chi connectivity index (χ3v) is 4.07. The van der Waals surface area contributed by atoms with Crippen LogP contribution in [0, 0.1) is 0 Å². The first-order valence-electron chi connectivity index (χ1n) is 7.03. The zero-order valence-electron chi connectivity index (χ0n) is 11.2. The number of aromatic nitrogens is 1. The molecule has 1 aliphatic carbocycles. The predicted octanol–water partition coefficient (Wildman–Crippen LogP) is 4.56. The highest BCUT2D eigenvalue weighted by Crippen LogP contribution is 2.34. The van der Waals surface area contributed by atoms with Crippen molar-refractivity contribution in [1.29, 1.82) is 0 Å². The van der Waals surface area contributed by atoms with E-state index in [9.17, 15) is 0 Å². The van der Waals surface area contributed by atoms with E-state index in [0.717, 1.165) is 47.5 Å². The first kappa shape index (κ1) is 12.7. The topological polar surface area (TPSA) is 22.1 Å². The molecule has 19 heavy (non-hydrogen) atoms. The molecule has 3 rings (SSSR count). The minimum Gasteiger partial charge on any atom is -0.494 e. The molecule has 1 aliphatic rings. The quantitative estimate of drug-likeness (QED) is 0.819. The fraction of sp³-hybridized carbons (Fsp3) is 0.438. The van der Waals surface area contributed by atoms with Gasteiger partial charge in [-0.05, 0) is 55.9 Å². The summed E-state index contributed by atoms with van der Waals surface area (Å²) >= 11 is 6.57. The van der Waals surface area contributed by atoms with E-state index in [4.69, 9.17) is 21.3 Å². The molecule has 0 radical (unpaired) electrons. The van der Waals surface area contributed by atoms with Gasteiger partial charge in [0.25, 0.3) is 0 Å². The summed E-state index contributed by atoms with van der Waals surface area (Å²) in [6, 6.07) is 6.02. The zero-order chi connectivity index (χ0) is 13.2. The summed E-state index contributed by atoms with van der Waals surface area (Å²) in [5.74, 6) is 0.883. The van der Waals surface area contributed by atoms with E-state index in [1.807, 2.05) is 18.2 Å². The van der Waals surface area contributed by atoms with Gasteiger partial charge in [-0.1, -0.05) is 18.5 Å². The van der Waals surface area contributed by atoms with Crippen molar-refractivity contribution in [2.45, 2.75) is 39.0 Å². The van der Waals surface area contributed by atoms with Gasteiger partial charge in [0.2, 0.25) is 0 Å². The molecule has 0 saturated heterocycles. The van der Waals surface area contributed by atoms with Crippen LogP contribution in [0.4, 0.5) is 0 Å². The van der Waals surface area contributed by atoms with E-state index in [1.54, 1.807) is 0 Å². The van der Waals surface area contributed by atoms with Crippen LogP contribution < -0.4 is 4.74 Å². The van der Waals surface area contributed by atoms with Crippen molar-refractivity contribution in [3.8, 4) is 5.75 Å². The molecule has 1 aromatic carbocycles. The number of nitrogens with zero attached hydrogens (tertiary/aromatic N) is 1. The molecule has 0 spiro atoms. The lowest BCUT2D eigenvalue weighted by Gasteiger charge is -2.18. The number of aryl methyl sites for hydroxylation is 1. The summed E-state index contributed by atoms with van der Waals surface area (Å²) in [6.07, 6.45) is 5.55. The van der Waals surface area contributed by atoms with E-state index < -0.39 is 0 Å². The average Bonchev–Trinajstić information content (AvgIpc) is 2.46. The Balaban J connectivity index is 2.09. The Morgan fingerprint density at radius 1 is 1.26 bits per heavy atom. The maximum absolute atomic E-state index is 6.57. The summed E-state index contributed by atoms with van der Waals surface area (Å²) in [7, 11) is 0. The molecule has 0 fully saturated rings. The van der Waals surface area contributed by atoms with Gasteiger partial charge in [-0.2, -0.15) is 0 Å². The molecule has 2 aromatic rings. The minimum absolute atomic E-state index is 0.738. The Morgan fingerprint density at radius 3 is 2.95 bits per heavy atom. The number of hydrogen-bond acceptors (Lipinski definition) is 2. The van der Waals surface area contributed by atoms with Crippen molar-refractivity contribution in [2.75, 3.05) is 6.61 Å². The molecule has 0 amide bonds. The highest BCUT2D eigenvalue weighted by Gasteiger charge is 2.17. The van der Waals surface area contributed by atoms with Gasteiger partial charge in [-0.3, -0.25) is 4.98 Å². The van der Waals surface area contributed by atoms with E-state index in [2.05, 4.69) is 6.92 Å². The summed E-state index contributed by atoms with van der Waals surface area (Å²) in [5.41, 5.74) is 3.41. The van der Waals surface area contributed by atoms with Crippen molar-refractivity contribution >= 4 is 22.5 Å². The lowest BCUT2D eigenvalue weighted by atomic mass is 9.94. The smallest absolute Gasteiger partial charge is 0.120 e. The van der Waals surface area contributed by atoms with Crippen LogP contribution in [0.2, 0.25) is 5.02 Å². The van der Waals surface area contributed by atoms with Crippen LogP contribution in [-0.4, -0.2) is 11.6 Å². The van der Waals surface area contributed by atoms with Gasteiger partial charge < -0.3 is 4.74 Å². The maximum atomic E-state index is 6.57. The molecule has 0 unspecified atom stereocenters. The van der Waals surface area contributed by atoms with Crippen molar-refractivity contribution < 1.29 is 4.74 Å². The molecule has 0 N–H and O–H groups in total. The average molecular weight is 276 g/mol. The van der Waals surface area contributed by atoms with Gasteiger partial charge in [0.1, 0.15) is 5.75 Å². The highest BCUT2D eigenvalue weighted by atomic mass is 35.5. The first-order valence-corrected chi connectivity index (χ1v) is 7.41. The fourth-order valence-corrected chi connectivity index (χ4v) is 3.01. The summed E-state index contributed by atoms with van der Waals surface area (Å²) in [4.78, 5) is 4.76. The van der Waals surface area contributed by atoms with Gasteiger partial charge in [0.05, 0.1) is 17.1 Å². The SMILES string of the molecule is CCCOc1ccc2nc3c(c(Cl)c2c1)CCCC3. The van der Waals surface area contributed by atoms with Crippen LogP contribution >= 0.6 is 11.6 Å². The minimum atomic E-state index is 0.738. The molecular formula is C16H18ClNO. The Hall–Kier alpha value is -1.28. The van der Waals surface area contributed by atoms with Gasteiger partial charge in [0, 0.05) is 11.1 Å². The Labute approximate surface area is 118 Å². The maximum Gasteiger partial charge on any atom is 0.120 e. The van der Waals surface area contributed by atoms with Crippen LogP contribution in [0.1, 0.15) is 37.4 Å². The van der Waals surface area contributed by atoms with Gasteiger partial charge in [-0.15, -0.1) is 0 Å². The Bertz CT molecular complexity index is 609. The number of halogens is 1. The number of hydrogen-bond donors (Lipinski definition) is 0. The molecule has 3 heteroatoms. The van der Waals surface area contributed by atoms with Gasteiger partial charge >= 0.3 is 0 Å². The van der Waals surface area contributed by atoms with Crippen molar-refractivity contribution in [3.63, 3.8) is 0 Å². The third kappa shape index (κ3) is 2.42. The van der Waals surface area contributed by atoms with Crippen LogP contribution in [0.3, 0.4) is 0 Å². The third-order valence-electron chi connectivity index (χ3n) is 3.64. The number of ether oxygens (including phenoxy) is 1. The molecule has 100 valence electrons. The second kappa shape index (κ2) is 5.38. The monoisotopic (exact) mass is 275 g/mol. The largest absolute Gasteiger partial charge is 0.494 e. The van der Waals surface area contributed by atoms with Gasteiger partial charge in [0.15, 0.2) is 0 Å². The first-order chi connectivity index (χ1) is 9.29. The lowest BCUT2D eigenvalue weighted by Crippen LogP contribution is -2.06. The van der Waals surface area contributed by atoms with Crippen molar-refractivity contribution in [2.24, 2.45) is 0 Å². The van der Waals surface area contributed by atoms with Crippen molar-refractivity contribution in [3.05, 3.63) is 34.5 Å². The Kier molecular flexibility index (Phi) is 3.61. The molecule has 2 nitrogen and oxygen atoms in total. The predicted molar refractivity (Wildman–Crippen MR) is 79.2 cm³/mol. The Morgan fingerprint density at radius 2 is 2.11 bits per heavy atom. The number of benzene rings is 1. The molecule has 0 saturated carbocycles. The number of fused-ring (bicyclic) bond motifs is 2. The molecule has 0 bridgehead atoms. The number of pyridine rings is 1. The summed E-state index contributed by atoms with van der Waals surface area (Å²) in [6.45, 7) is 2.84. The summed E-state index contributed by atoms with van der Waals surface area (Å²) < 4.78 is 5.68. The zero-order valence-corrected chi connectivity index (χ0v) is 12.0. The number of rotatable bonds is 3. The molecule has 0 atom stereocenters. The summed E-state index contributed by atoms with van der Waals surface area (Å²) in [5, 5.41) is 1.90. The molecule has 1 aromatic heterocycles. The molecule has 1 heterocycles. The van der Waals surface area contributed by atoms with E-state index >= 15 is 0 Å². The van der Waals surface area contributed by atoms with Gasteiger partial charge in [-0.25, -0.2) is 0 Å². The van der Waals surface area contributed by atoms with E-state index in [0.29, 0.717) is 0 Å². The van der Waals surface area contributed by atoms with Crippen LogP contribution in [-0.2, 0) is 12.8 Å². The second-order valence-electron chi connectivity index (χ2n) is 5.09. The van der Waals surface area contributed by atoms with E-state index in [-0.39, 0.29) is 0 Å². The molecular weight excluding hydrogens is 258 g/mol. The lowest BCUT2D eigenvalue weighted by molar-refractivity contribution is 0.318.